The fourth-order valence-corrected chi connectivity index (χ4v) is 2.50. The highest BCUT2D eigenvalue weighted by Crippen LogP contribution is 2.21. The van der Waals surface area contributed by atoms with Crippen molar-refractivity contribution in [3.63, 3.8) is 0 Å². The molecule has 0 heterocycles. The molecule has 1 aromatic rings. The van der Waals surface area contributed by atoms with Crippen molar-refractivity contribution in [1.29, 1.82) is 5.26 Å². The van der Waals surface area contributed by atoms with Crippen LogP contribution < -0.4 is 4.72 Å². The Morgan fingerprint density at radius 3 is 2.75 bits per heavy atom. The summed E-state index contributed by atoms with van der Waals surface area (Å²) in [5.41, 5.74) is 0.479. The Labute approximate surface area is 99.9 Å². The molecular weight excluding hydrogens is 248 g/mol. The van der Waals surface area contributed by atoms with Gasteiger partial charge in [-0.15, -0.1) is 0 Å². The van der Waals surface area contributed by atoms with E-state index in [4.69, 9.17) is 16.9 Å². The van der Waals surface area contributed by atoms with E-state index >= 15 is 0 Å². The third-order valence-electron chi connectivity index (χ3n) is 1.84. The minimum Gasteiger partial charge on any atom is -0.282 e. The molecular formula is C10H11ClN2O2S. The molecule has 6 heteroatoms. The number of anilines is 1. The van der Waals surface area contributed by atoms with Crippen molar-refractivity contribution in [2.24, 2.45) is 0 Å². The molecule has 0 saturated carbocycles. The molecule has 1 rings (SSSR count). The number of nitrogens with zero attached hydrogens (tertiary/aromatic N) is 1. The highest BCUT2D eigenvalue weighted by molar-refractivity contribution is 7.92. The van der Waals surface area contributed by atoms with Crippen molar-refractivity contribution >= 4 is 27.3 Å². The normalized spacial score (nSPS) is 10.8. The fourth-order valence-electron chi connectivity index (χ4n) is 1.19. The van der Waals surface area contributed by atoms with Crippen LogP contribution in [0.4, 0.5) is 5.69 Å². The van der Waals surface area contributed by atoms with Crippen LogP contribution in [0.25, 0.3) is 0 Å². The fraction of sp³-hybridized carbons (Fsp3) is 0.300. The molecule has 0 amide bonds. The molecule has 0 atom stereocenters. The first-order valence-electron chi connectivity index (χ1n) is 4.68. The van der Waals surface area contributed by atoms with E-state index in [1.54, 1.807) is 6.92 Å². The zero-order chi connectivity index (χ0) is 12.2. The number of sulfonamides is 1. The SMILES string of the molecule is CCCS(=O)(=O)Nc1cc(Cl)ccc1C#N. The number of hydrogen-bond acceptors (Lipinski definition) is 3. The molecule has 16 heavy (non-hydrogen) atoms. The zero-order valence-electron chi connectivity index (χ0n) is 8.70. The van der Waals surface area contributed by atoms with Crippen molar-refractivity contribution in [2.45, 2.75) is 13.3 Å². The summed E-state index contributed by atoms with van der Waals surface area (Å²) in [4.78, 5) is 0. The Hall–Kier alpha value is -1.25. The number of rotatable bonds is 4. The molecule has 0 aliphatic rings. The number of halogens is 1. The summed E-state index contributed by atoms with van der Waals surface area (Å²) >= 11 is 5.74. The third kappa shape index (κ3) is 3.40. The maximum absolute atomic E-state index is 11.5. The summed E-state index contributed by atoms with van der Waals surface area (Å²) in [5, 5.41) is 9.19. The molecule has 0 aromatic heterocycles. The topological polar surface area (TPSA) is 70.0 Å². The van der Waals surface area contributed by atoms with Gasteiger partial charge in [0, 0.05) is 5.02 Å². The molecule has 0 radical (unpaired) electrons. The van der Waals surface area contributed by atoms with Gasteiger partial charge in [0.2, 0.25) is 10.0 Å². The summed E-state index contributed by atoms with van der Waals surface area (Å²) < 4.78 is 25.4. The van der Waals surface area contributed by atoms with Gasteiger partial charge < -0.3 is 0 Å². The van der Waals surface area contributed by atoms with Gasteiger partial charge in [-0.05, 0) is 24.6 Å². The smallest absolute Gasteiger partial charge is 0.232 e. The van der Waals surface area contributed by atoms with Gasteiger partial charge in [-0.1, -0.05) is 18.5 Å². The van der Waals surface area contributed by atoms with E-state index in [0.717, 1.165) is 0 Å². The molecule has 1 N–H and O–H groups in total. The Bertz CT molecular complexity index is 520. The molecule has 86 valence electrons. The molecule has 0 aliphatic carbocycles. The molecule has 0 unspecified atom stereocenters. The monoisotopic (exact) mass is 258 g/mol. The maximum Gasteiger partial charge on any atom is 0.232 e. The average molecular weight is 259 g/mol. The largest absolute Gasteiger partial charge is 0.282 e. The van der Waals surface area contributed by atoms with Crippen molar-refractivity contribution in [1.82, 2.24) is 0 Å². The van der Waals surface area contributed by atoms with Gasteiger partial charge in [-0.2, -0.15) is 5.26 Å². The van der Waals surface area contributed by atoms with Crippen LogP contribution in [-0.4, -0.2) is 14.2 Å². The molecule has 1 aromatic carbocycles. The summed E-state index contributed by atoms with van der Waals surface area (Å²) in [7, 11) is -3.39. The molecule has 0 saturated heterocycles. The predicted molar refractivity (Wildman–Crippen MR) is 63.9 cm³/mol. The summed E-state index contributed by atoms with van der Waals surface area (Å²) in [6.07, 6.45) is 0.512. The lowest BCUT2D eigenvalue weighted by molar-refractivity contribution is 0.600. The van der Waals surface area contributed by atoms with Crippen LogP contribution >= 0.6 is 11.6 Å². The molecule has 0 aliphatic heterocycles. The maximum atomic E-state index is 11.5. The number of benzene rings is 1. The Balaban J connectivity index is 3.06. The highest BCUT2D eigenvalue weighted by Gasteiger charge is 2.12. The van der Waals surface area contributed by atoms with Crippen molar-refractivity contribution in [2.75, 3.05) is 10.5 Å². The van der Waals surface area contributed by atoms with Gasteiger partial charge in [0.1, 0.15) is 6.07 Å². The van der Waals surface area contributed by atoms with Gasteiger partial charge in [0.25, 0.3) is 0 Å². The van der Waals surface area contributed by atoms with E-state index in [-0.39, 0.29) is 17.0 Å². The Morgan fingerprint density at radius 1 is 1.50 bits per heavy atom. The number of nitrogens with one attached hydrogen (secondary N) is 1. The van der Waals surface area contributed by atoms with E-state index in [1.807, 2.05) is 6.07 Å². The zero-order valence-corrected chi connectivity index (χ0v) is 10.3. The highest BCUT2D eigenvalue weighted by atomic mass is 35.5. The van der Waals surface area contributed by atoms with Crippen molar-refractivity contribution in [3.8, 4) is 6.07 Å². The molecule has 4 nitrogen and oxygen atoms in total. The van der Waals surface area contributed by atoms with Crippen LogP contribution in [0.2, 0.25) is 5.02 Å². The summed E-state index contributed by atoms with van der Waals surface area (Å²) in [5.74, 6) is 0.0182. The minimum absolute atomic E-state index is 0.0182. The van der Waals surface area contributed by atoms with E-state index in [9.17, 15) is 8.42 Å². The van der Waals surface area contributed by atoms with E-state index in [2.05, 4.69) is 4.72 Å². The van der Waals surface area contributed by atoms with Gasteiger partial charge >= 0.3 is 0 Å². The van der Waals surface area contributed by atoms with Crippen LogP contribution in [0, 0.1) is 11.3 Å². The standard InChI is InChI=1S/C10H11ClN2O2S/c1-2-5-16(14,15)13-10-6-9(11)4-3-8(10)7-12/h3-4,6,13H,2,5H2,1H3. The van der Waals surface area contributed by atoms with Crippen LogP contribution in [0.15, 0.2) is 18.2 Å². The lowest BCUT2D eigenvalue weighted by atomic mass is 10.2. The van der Waals surface area contributed by atoms with Crippen LogP contribution in [0.5, 0.6) is 0 Å². The van der Waals surface area contributed by atoms with Crippen molar-refractivity contribution in [3.05, 3.63) is 28.8 Å². The van der Waals surface area contributed by atoms with Crippen molar-refractivity contribution < 1.29 is 8.42 Å². The van der Waals surface area contributed by atoms with Gasteiger partial charge in [0.15, 0.2) is 0 Å². The van der Waals surface area contributed by atoms with Crippen LogP contribution in [0.1, 0.15) is 18.9 Å². The second-order valence-electron chi connectivity index (χ2n) is 3.22. The van der Waals surface area contributed by atoms with E-state index in [1.165, 1.54) is 18.2 Å². The van der Waals surface area contributed by atoms with Crippen LogP contribution in [-0.2, 0) is 10.0 Å². The lowest BCUT2D eigenvalue weighted by Gasteiger charge is -2.08. The first kappa shape index (κ1) is 12.8. The minimum atomic E-state index is -3.39. The molecule has 0 bridgehead atoms. The lowest BCUT2D eigenvalue weighted by Crippen LogP contribution is -2.16. The Kier molecular flexibility index (Phi) is 4.16. The van der Waals surface area contributed by atoms with E-state index < -0.39 is 10.0 Å². The van der Waals surface area contributed by atoms with Gasteiger partial charge in [-0.25, -0.2) is 8.42 Å². The van der Waals surface area contributed by atoms with E-state index in [0.29, 0.717) is 11.4 Å². The molecule has 0 fully saturated rings. The number of hydrogen-bond donors (Lipinski definition) is 1. The second-order valence-corrected chi connectivity index (χ2v) is 5.50. The quantitative estimate of drug-likeness (QED) is 0.901. The summed E-state index contributed by atoms with van der Waals surface area (Å²) in [6.45, 7) is 1.77. The summed E-state index contributed by atoms with van der Waals surface area (Å²) in [6, 6.07) is 6.34. The van der Waals surface area contributed by atoms with Crippen LogP contribution in [0.3, 0.4) is 0 Å². The molecule has 0 spiro atoms. The number of nitriles is 1. The first-order valence-corrected chi connectivity index (χ1v) is 6.71. The predicted octanol–water partition coefficient (Wildman–Crippen LogP) is 2.36. The van der Waals surface area contributed by atoms with Gasteiger partial charge in [0.05, 0.1) is 17.0 Å². The second kappa shape index (κ2) is 5.19. The third-order valence-corrected chi connectivity index (χ3v) is 3.55. The van der Waals surface area contributed by atoms with Gasteiger partial charge in [-0.3, -0.25) is 4.72 Å². The Morgan fingerprint density at radius 2 is 2.19 bits per heavy atom. The average Bonchev–Trinajstić information content (AvgIpc) is 2.17. The first-order chi connectivity index (χ1) is 7.48.